The molecule has 0 unspecified atom stereocenters. The van der Waals surface area contributed by atoms with Crippen molar-refractivity contribution in [3.8, 4) is 17.0 Å². The average Bonchev–Trinajstić information content (AvgIpc) is 3.52. The van der Waals surface area contributed by atoms with Crippen molar-refractivity contribution in [2.45, 2.75) is 31.5 Å². The summed E-state index contributed by atoms with van der Waals surface area (Å²) < 4.78 is 21.5. The third-order valence-electron chi connectivity index (χ3n) is 6.14. The molecule has 1 aliphatic carbocycles. The molecule has 2 fully saturated rings. The Morgan fingerprint density at radius 1 is 1.19 bits per heavy atom. The molecule has 164 valence electrons. The highest BCUT2D eigenvalue weighted by atomic mass is 19.1. The number of pyridine rings is 1. The van der Waals surface area contributed by atoms with Crippen LogP contribution in [0.2, 0.25) is 0 Å². The van der Waals surface area contributed by atoms with Crippen LogP contribution in [-0.4, -0.2) is 45.8 Å². The van der Waals surface area contributed by atoms with Gasteiger partial charge in [0.1, 0.15) is 17.1 Å². The van der Waals surface area contributed by atoms with Crippen LogP contribution < -0.4 is 10.3 Å². The Kier molecular flexibility index (Phi) is 4.80. The summed E-state index contributed by atoms with van der Waals surface area (Å²) in [7, 11) is 1.60. The zero-order chi connectivity index (χ0) is 22.5. The molecule has 0 spiro atoms. The summed E-state index contributed by atoms with van der Waals surface area (Å²) in [5.41, 5.74) is 1.30. The molecular formula is C24H23FN4O3. The van der Waals surface area contributed by atoms with Gasteiger partial charge in [0, 0.05) is 36.5 Å². The van der Waals surface area contributed by atoms with Gasteiger partial charge in [-0.25, -0.2) is 9.07 Å². The summed E-state index contributed by atoms with van der Waals surface area (Å²) in [5, 5.41) is 4.55. The summed E-state index contributed by atoms with van der Waals surface area (Å²) in [4.78, 5) is 31.2. The lowest BCUT2D eigenvalue weighted by molar-refractivity contribution is 0.0483. The van der Waals surface area contributed by atoms with Crippen LogP contribution in [0.5, 0.6) is 5.75 Å². The first kappa shape index (κ1) is 20.4. The van der Waals surface area contributed by atoms with Gasteiger partial charge in [0.2, 0.25) is 0 Å². The molecule has 2 aliphatic rings. The molecule has 1 aromatic carbocycles. The van der Waals surface area contributed by atoms with Gasteiger partial charge in [-0.05, 0) is 49.6 Å². The predicted molar refractivity (Wildman–Crippen MR) is 116 cm³/mol. The second-order valence-electron chi connectivity index (χ2n) is 8.43. The van der Waals surface area contributed by atoms with Crippen molar-refractivity contribution < 1.29 is 13.9 Å². The summed E-state index contributed by atoms with van der Waals surface area (Å²) in [6.45, 7) is 2.60. The first-order valence-corrected chi connectivity index (χ1v) is 10.6. The van der Waals surface area contributed by atoms with Crippen molar-refractivity contribution in [2.75, 3.05) is 20.2 Å². The van der Waals surface area contributed by atoms with E-state index in [0.29, 0.717) is 42.9 Å². The molecule has 2 aromatic heterocycles. The topological polar surface area (TPSA) is 77.3 Å². The SMILES string of the molecule is COc1cc(C)ccc1-c1ccc(=O)n(C2CN(C(=O)c3ncccc3C3(F)CC3)C2)n1. The number of hydrogen-bond donors (Lipinski definition) is 0. The van der Waals surface area contributed by atoms with Gasteiger partial charge >= 0.3 is 0 Å². The highest BCUT2D eigenvalue weighted by molar-refractivity contribution is 5.94. The minimum atomic E-state index is -1.44. The Labute approximate surface area is 184 Å². The van der Waals surface area contributed by atoms with E-state index in [1.807, 2.05) is 25.1 Å². The zero-order valence-corrected chi connectivity index (χ0v) is 17.9. The number of ether oxygens (including phenoxy) is 1. The molecule has 32 heavy (non-hydrogen) atoms. The Morgan fingerprint density at radius 2 is 1.97 bits per heavy atom. The van der Waals surface area contributed by atoms with E-state index < -0.39 is 5.67 Å². The van der Waals surface area contributed by atoms with E-state index in [0.717, 1.165) is 11.1 Å². The molecule has 3 heterocycles. The molecule has 0 bridgehead atoms. The molecule has 0 radical (unpaired) electrons. The summed E-state index contributed by atoms with van der Waals surface area (Å²) in [6, 6.07) is 12.0. The second-order valence-corrected chi connectivity index (χ2v) is 8.43. The number of hydrogen-bond acceptors (Lipinski definition) is 5. The van der Waals surface area contributed by atoms with E-state index in [9.17, 15) is 14.0 Å². The van der Waals surface area contributed by atoms with Gasteiger partial charge in [-0.15, -0.1) is 0 Å². The van der Waals surface area contributed by atoms with Crippen LogP contribution in [0.15, 0.2) is 53.5 Å². The summed E-state index contributed by atoms with van der Waals surface area (Å²) >= 11 is 0. The molecule has 8 heteroatoms. The number of methoxy groups -OCH3 is 1. The molecule has 1 saturated heterocycles. The minimum absolute atomic E-state index is 0.157. The maximum Gasteiger partial charge on any atom is 0.273 e. The number of halogens is 1. The maximum absolute atomic E-state index is 14.6. The molecule has 1 aliphatic heterocycles. The Hall–Kier alpha value is -3.55. The van der Waals surface area contributed by atoms with Gasteiger partial charge in [-0.1, -0.05) is 12.1 Å². The minimum Gasteiger partial charge on any atom is -0.496 e. The Balaban J connectivity index is 1.37. The smallest absolute Gasteiger partial charge is 0.273 e. The summed E-state index contributed by atoms with van der Waals surface area (Å²) in [6.07, 6.45) is 2.33. The lowest BCUT2D eigenvalue weighted by Crippen LogP contribution is -2.53. The summed E-state index contributed by atoms with van der Waals surface area (Å²) in [5.74, 6) is 0.362. The number of carbonyl (C=O) groups excluding carboxylic acids is 1. The molecule has 5 rings (SSSR count). The van der Waals surface area contributed by atoms with Crippen molar-refractivity contribution >= 4 is 5.91 Å². The Bertz CT molecular complexity index is 1260. The number of benzene rings is 1. The molecule has 0 N–H and O–H groups in total. The fourth-order valence-corrected chi connectivity index (χ4v) is 4.08. The Morgan fingerprint density at radius 3 is 2.69 bits per heavy atom. The normalized spacial score (nSPS) is 17.0. The fraction of sp³-hybridized carbons (Fsp3) is 0.333. The van der Waals surface area contributed by atoms with E-state index in [-0.39, 0.29) is 23.2 Å². The van der Waals surface area contributed by atoms with Crippen molar-refractivity contribution in [1.82, 2.24) is 19.7 Å². The van der Waals surface area contributed by atoms with Crippen LogP contribution in [0, 0.1) is 6.92 Å². The number of nitrogens with zero attached hydrogens (tertiary/aromatic N) is 4. The number of amides is 1. The van der Waals surface area contributed by atoms with E-state index in [1.165, 1.54) is 16.9 Å². The highest BCUT2D eigenvalue weighted by Crippen LogP contribution is 2.50. The van der Waals surface area contributed by atoms with E-state index in [1.54, 1.807) is 30.2 Å². The lowest BCUT2D eigenvalue weighted by atomic mass is 10.0. The van der Waals surface area contributed by atoms with Gasteiger partial charge in [-0.3, -0.25) is 14.6 Å². The highest BCUT2D eigenvalue weighted by Gasteiger charge is 2.48. The number of aromatic nitrogens is 3. The van der Waals surface area contributed by atoms with Crippen molar-refractivity contribution in [1.29, 1.82) is 0 Å². The van der Waals surface area contributed by atoms with E-state index in [4.69, 9.17) is 4.74 Å². The van der Waals surface area contributed by atoms with Gasteiger partial charge in [0.15, 0.2) is 0 Å². The lowest BCUT2D eigenvalue weighted by Gasteiger charge is -2.39. The number of rotatable bonds is 5. The van der Waals surface area contributed by atoms with Gasteiger partial charge < -0.3 is 9.64 Å². The van der Waals surface area contributed by atoms with Crippen LogP contribution in [0.3, 0.4) is 0 Å². The fourth-order valence-electron chi connectivity index (χ4n) is 4.08. The third-order valence-corrected chi connectivity index (χ3v) is 6.14. The van der Waals surface area contributed by atoms with Crippen molar-refractivity contribution in [2.24, 2.45) is 0 Å². The first-order valence-electron chi connectivity index (χ1n) is 10.6. The van der Waals surface area contributed by atoms with Crippen molar-refractivity contribution in [3.63, 3.8) is 0 Å². The van der Waals surface area contributed by atoms with Crippen LogP contribution in [0.25, 0.3) is 11.3 Å². The van der Waals surface area contributed by atoms with Crippen LogP contribution in [-0.2, 0) is 5.67 Å². The number of carbonyl (C=O) groups is 1. The standard InChI is InChI=1S/C24H23FN4O3/c1-15-5-6-17(20(12-15)32-2)19-7-8-21(30)29(27-19)16-13-28(14-16)23(31)22-18(4-3-11-26-22)24(25)9-10-24/h3-8,11-12,16H,9-10,13-14H2,1-2H3. The third kappa shape index (κ3) is 3.45. The van der Waals surface area contributed by atoms with Gasteiger partial charge in [-0.2, -0.15) is 5.10 Å². The monoisotopic (exact) mass is 434 g/mol. The first-order chi connectivity index (χ1) is 15.4. The maximum atomic E-state index is 14.6. The zero-order valence-electron chi connectivity index (χ0n) is 17.9. The second kappa shape index (κ2) is 7.55. The number of likely N-dealkylation sites (tertiary alicyclic amines) is 1. The number of alkyl halides is 1. The van der Waals surface area contributed by atoms with Crippen molar-refractivity contribution in [3.05, 3.63) is 75.8 Å². The number of aryl methyl sites for hydroxylation is 1. The quantitative estimate of drug-likeness (QED) is 0.616. The molecule has 0 atom stereocenters. The molecular weight excluding hydrogens is 411 g/mol. The van der Waals surface area contributed by atoms with Crippen LogP contribution in [0.1, 0.15) is 40.5 Å². The van der Waals surface area contributed by atoms with Gasteiger partial charge in [0.25, 0.3) is 11.5 Å². The van der Waals surface area contributed by atoms with E-state index >= 15 is 0 Å². The molecule has 1 saturated carbocycles. The van der Waals surface area contributed by atoms with Gasteiger partial charge in [0.05, 0.1) is 18.8 Å². The molecule has 3 aromatic rings. The average molecular weight is 434 g/mol. The molecule has 7 nitrogen and oxygen atoms in total. The predicted octanol–water partition coefficient (Wildman–Crippen LogP) is 3.28. The van der Waals surface area contributed by atoms with Crippen LogP contribution in [0.4, 0.5) is 4.39 Å². The van der Waals surface area contributed by atoms with E-state index in [2.05, 4.69) is 10.1 Å². The molecule has 1 amide bonds. The largest absolute Gasteiger partial charge is 0.496 e. The van der Waals surface area contributed by atoms with Crippen LogP contribution >= 0.6 is 0 Å².